The van der Waals surface area contributed by atoms with Crippen LogP contribution in [0.2, 0.25) is 0 Å². The molecule has 1 aliphatic rings. The third kappa shape index (κ3) is 5.37. The number of carbonyl (C=O) groups excluding carboxylic acids is 1. The molecule has 9 nitrogen and oxygen atoms in total. The van der Waals surface area contributed by atoms with Crippen LogP contribution < -0.4 is 10.1 Å². The highest BCUT2D eigenvalue weighted by Crippen LogP contribution is 2.44. The molecule has 0 bridgehead atoms. The normalized spacial score (nSPS) is 15.9. The van der Waals surface area contributed by atoms with Crippen molar-refractivity contribution in [2.24, 2.45) is 0 Å². The Kier molecular flexibility index (Phi) is 7.02. The van der Waals surface area contributed by atoms with Crippen LogP contribution in [0.1, 0.15) is 46.6 Å². The minimum atomic E-state index is -5.03. The number of carbonyl (C=O) groups is 1. The lowest BCUT2D eigenvalue weighted by molar-refractivity contribution is -0.142. The zero-order chi connectivity index (χ0) is 28.8. The van der Waals surface area contributed by atoms with Gasteiger partial charge in [-0.3, -0.25) is 4.79 Å². The molecule has 4 rings (SSSR count). The molecule has 1 saturated carbocycles. The number of amides is 1. The van der Waals surface area contributed by atoms with E-state index in [1.807, 2.05) is 6.07 Å². The molecule has 0 radical (unpaired) electrons. The van der Waals surface area contributed by atoms with Crippen molar-refractivity contribution in [3.05, 3.63) is 64.6 Å². The van der Waals surface area contributed by atoms with E-state index >= 15 is 0 Å². The predicted molar refractivity (Wildman–Crippen MR) is 127 cm³/mol. The van der Waals surface area contributed by atoms with Crippen LogP contribution in [-0.2, 0) is 21.3 Å². The van der Waals surface area contributed by atoms with E-state index in [2.05, 4.69) is 20.5 Å². The Bertz CT molecular complexity index is 1610. The molecule has 0 spiro atoms. The zero-order valence-corrected chi connectivity index (χ0v) is 21.1. The number of hydrogen-bond donors (Lipinski definition) is 2. The smallest absolute Gasteiger partial charge is 0.429 e. The van der Waals surface area contributed by atoms with Crippen LogP contribution in [-0.4, -0.2) is 31.6 Å². The zero-order valence-electron chi connectivity index (χ0n) is 20.3. The maximum Gasteiger partial charge on any atom is 0.435 e. The Balaban J connectivity index is 1.77. The van der Waals surface area contributed by atoms with Gasteiger partial charge in [0.2, 0.25) is 5.75 Å². The maximum absolute atomic E-state index is 14.9. The van der Waals surface area contributed by atoms with E-state index in [0.717, 1.165) is 19.2 Å². The van der Waals surface area contributed by atoms with Crippen molar-refractivity contribution in [2.75, 3.05) is 11.6 Å². The lowest BCUT2D eigenvalue weighted by Crippen LogP contribution is -2.33. The molecule has 2 aromatic heterocycles. The molecule has 3 aromatic rings. The molecule has 2 heterocycles. The fourth-order valence-corrected chi connectivity index (χ4v) is 4.67. The maximum atomic E-state index is 14.9. The fraction of sp³-hybridized carbons (Fsp3) is 0.292. The number of nitrogens with zero attached hydrogens (tertiary/aromatic N) is 4. The van der Waals surface area contributed by atoms with E-state index < -0.39 is 67.4 Å². The molecule has 39 heavy (non-hydrogen) atoms. The molecule has 2 N–H and O–H groups in total. The third-order valence-electron chi connectivity index (χ3n) is 6.22. The van der Waals surface area contributed by atoms with Gasteiger partial charge >= 0.3 is 6.18 Å². The number of rotatable bonds is 6. The Labute approximate surface area is 219 Å². The number of benzene rings is 1. The van der Waals surface area contributed by atoms with Crippen molar-refractivity contribution in [1.82, 2.24) is 15.2 Å². The second-order valence-electron chi connectivity index (χ2n) is 8.94. The van der Waals surface area contributed by atoms with Gasteiger partial charge in [0.1, 0.15) is 5.56 Å². The number of nitriles is 1. The summed E-state index contributed by atoms with van der Waals surface area (Å²) in [5, 5.41) is 18.0. The highest BCUT2D eigenvalue weighted by molar-refractivity contribution is 7.91. The molecular formula is C24H19F5N6O3S. The van der Waals surface area contributed by atoms with Gasteiger partial charge in [0.05, 0.1) is 26.9 Å². The largest absolute Gasteiger partial charge is 0.435 e. The van der Waals surface area contributed by atoms with Crippen LogP contribution in [0.5, 0.6) is 11.6 Å². The minimum absolute atomic E-state index is 0.0271. The first-order valence-electron chi connectivity index (χ1n) is 11.2. The summed E-state index contributed by atoms with van der Waals surface area (Å²) in [6.45, 7) is 0.902. The SMILES string of the molecule is Cc1c(C(F)(F)F)nnc(Oc2c(F)cc(C3(C#N)CCC3)nc2F)c1C(=O)Nc1cccc(S(C)(=N)=O)c1. The Morgan fingerprint density at radius 2 is 1.92 bits per heavy atom. The molecular weight excluding hydrogens is 547 g/mol. The van der Waals surface area contributed by atoms with Crippen LogP contribution in [0.4, 0.5) is 27.6 Å². The Morgan fingerprint density at radius 3 is 2.46 bits per heavy atom. The average Bonchev–Trinajstić information content (AvgIpc) is 2.80. The summed E-state index contributed by atoms with van der Waals surface area (Å²) >= 11 is 0. The number of halogens is 5. The molecule has 1 aromatic carbocycles. The van der Waals surface area contributed by atoms with Gasteiger partial charge in [0.25, 0.3) is 17.7 Å². The second kappa shape index (κ2) is 9.84. The van der Waals surface area contributed by atoms with Crippen LogP contribution in [0, 0.1) is 34.8 Å². The van der Waals surface area contributed by atoms with E-state index in [0.29, 0.717) is 19.3 Å². The van der Waals surface area contributed by atoms with E-state index in [9.17, 15) is 36.2 Å². The molecule has 1 atom stereocenters. The van der Waals surface area contributed by atoms with Crippen LogP contribution in [0.25, 0.3) is 0 Å². The summed E-state index contributed by atoms with van der Waals surface area (Å²) in [7, 11) is -3.19. The van der Waals surface area contributed by atoms with Crippen molar-refractivity contribution in [1.29, 1.82) is 10.0 Å². The van der Waals surface area contributed by atoms with Crippen molar-refractivity contribution in [2.45, 2.75) is 42.7 Å². The topological polar surface area (TPSA) is 142 Å². The highest BCUT2D eigenvalue weighted by atomic mass is 32.2. The third-order valence-corrected chi connectivity index (χ3v) is 7.37. The first-order valence-corrected chi connectivity index (χ1v) is 13.2. The standard InChI is InChI=1S/C24H19F5N6O3S/c1-12-17(21(36)32-13-5-3-6-14(9-13)39(2,31)37)22(35-34-19(12)24(27,28)29)38-18-15(25)10-16(33-20(18)26)23(11-30)7-4-8-23/h3,5-6,9-10,31H,4,7-8H2,1-2H3,(H,32,36). The van der Waals surface area contributed by atoms with Crippen LogP contribution >= 0.6 is 0 Å². The van der Waals surface area contributed by atoms with E-state index in [1.54, 1.807) is 0 Å². The van der Waals surface area contributed by atoms with Gasteiger partial charge in [-0.1, -0.05) is 6.07 Å². The number of aromatic nitrogens is 3. The number of pyridine rings is 1. The summed E-state index contributed by atoms with van der Waals surface area (Å²) < 4.78 is 95.3. The average molecular weight is 567 g/mol. The van der Waals surface area contributed by atoms with Crippen molar-refractivity contribution >= 4 is 21.3 Å². The predicted octanol–water partition coefficient (Wildman–Crippen LogP) is 5.50. The summed E-state index contributed by atoms with van der Waals surface area (Å²) in [5.41, 5.74) is -4.46. The van der Waals surface area contributed by atoms with Gasteiger partial charge in [-0.05, 0) is 49.9 Å². The van der Waals surface area contributed by atoms with Gasteiger partial charge in [-0.25, -0.2) is 18.4 Å². The van der Waals surface area contributed by atoms with Crippen LogP contribution in [0.3, 0.4) is 0 Å². The first-order chi connectivity index (χ1) is 18.2. The molecule has 1 amide bonds. The minimum Gasteiger partial charge on any atom is -0.429 e. The lowest BCUT2D eigenvalue weighted by atomic mass is 9.67. The van der Waals surface area contributed by atoms with Gasteiger partial charge < -0.3 is 10.1 Å². The van der Waals surface area contributed by atoms with Crippen molar-refractivity contribution in [3.63, 3.8) is 0 Å². The quantitative estimate of drug-likeness (QED) is 0.296. The Hall–Kier alpha value is -4.19. The van der Waals surface area contributed by atoms with E-state index in [4.69, 9.17) is 9.52 Å². The lowest BCUT2D eigenvalue weighted by Gasteiger charge is -2.34. The molecule has 15 heteroatoms. The fourth-order valence-electron chi connectivity index (χ4n) is 3.98. The summed E-state index contributed by atoms with van der Waals surface area (Å²) in [4.78, 5) is 16.8. The summed E-state index contributed by atoms with van der Waals surface area (Å²) in [5.74, 6) is -6.13. The second-order valence-corrected chi connectivity index (χ2v) is 11.1. The monoisotopic (exact) mass is 566 g/mol. The number of ether oxygens (including phenoxy) is 1. The molecule has 1 unspecified atom stereocenters. The van der Waals surface area contributed by atoms with Crippen LogP contribution in [0.15, 0.2) is 35.2 Å². The van der Waals surface area contributed by atoms with E-state index in [-0.39, 0.29) is 16.3 Å². The number of hydrogen-bond acceptors (Lipinski definition) is 8. The first kappa shape index (κ1) is 27.8. The Morgan fingerprint density at radius 1 is 1.23 bits per heavy atom. The van der Waals surface area contributed by atoms with Gasteiger partial charge in [0, 0.05) is 22.9 Å². The number of alkyl halides is 3. The summed E-state index contributed by atoms with van der Waals surface area (Å²) in [6.07, 6.45) is -2.54. The van der Waals surface area contributed by atoms with Gasteiger partial charge in [-0.15, -0.1) is 10.2 Å². The molecule has 0 saturated heterocycles. The van der Waals surface area contributed by atoms with E-state index in [1.165, 1.54) is 24.3 Å². The van der Waals surface area contributed by atoms with Crippen molar-refractivity contribution < 1.29 is 35.7 Å². The van der Waals surface area contributed by atoms with Gasteiger partial charge in [-0.2, -0.15) is 22.8 Å². The highest BCUT2D eigenvalue weighted by Gasteiger charge is 2.42. The number of nitrogens with one attached hydrogen (secondary N) is 2. The number of anilines is 1. The molecule has 1 aliphatic carbocycles. The molecule has 0 aliphatic heterocycles. The summed E-state index contributed by atoms with van der Waals surface area (Å²) in [6, 6.07) is 8.04. The van der Waals surface area contributed by atoms with Crippen molar-refractivity contribution in [3.8, 4) is 17.7 Å². The van der Waals surface area contributed by atoms with Gasteiger partial charge in [0.15, 0.2) is 11.5 Å². The molecule has 1 fully saturated rings. The molecule has 204 valence electrons.